The molecular formula is C93H114N6O6. The van der Waals surface area contributed by atoms with Crippen molar-refractivity contribution in [3.63, 3.8) is 0 Å². The number of ether oxygens (including phenoxy) is 3. The highest BCUT2D eigenvalue weighted by Crippen LogP contribution is 2.47. The van der Waals surface area contributed by atoms with Crippen molar-refractivity contribution in [1.29, 1.82) is 0 Å². The number of piperidine rings is 9. The molecule has 0 saturated carbocycles. The lowest BCUT2D eigenvalue weighted by atomic mass is 9.70. The van der Waals surface area contributed by atoms with E-state index < -0.39 is 11.2 Å². The molecule has 6 unspecified atom stereocenters. The van der Waals surface area contributed by atoms with E-state index in [9.17, 15) is 10.4 Å². The van der Waals surface area contributed by atoms with Crippen molar-refractivity contribution >= 4 is 0 Å². The van der Waals surface area contributed by atoms with Gasteiger partial charge in [-0.25, -0.2) is 4.89 Å². The van der Waals surface area contributed by atoms with Crippen molar-refractivity contribution in [2.24, 2.45) is 17.8 Å². The Morgan fingerprint density at radius 3 is 0.895 bits per heavy atom. The SMILES string of the molecule is COc1ccc(C(C)(C)O)cc1CNC1C2CCN(CC2)C1C(c1ccccc1)c1ccccc1.COc1ccc(C(C)(C)OO)cc1CNC1C2CCN(CC2)C1C(c1ccccc1)c1ccccc1.COc1ccc(C(C)C)cc1CNC1C2CCN(CC2)C1C(c1ccccc1)c1ccccc1. The minimum absolute atomic E-state index is 0.294. The lowest BCUT2D eigenvalue weighted by molar-refractivity contribution is -0.318. The van der Waals surface area contributed by atoms with Crippen molar-refractivity contribution in [2.45, 2.75) is 171 Å². The molecule has 9 aliphatic heterocycles. The van der Waals surface area contributed by atoms with Crippen LogP contribution in [0.1, 0.15) is 171 Å². The van der Waals surface area contributed by atoms with Crippen molar-refractivity contribution in [1.82, 2.24) is 30.7 Å². The molecule has 9 fully saturated rings. The third kappa shape index (κ3) is 17.4. The maximum Gasteiger partial charge on any atom is 0.123 e. The van der Waals surface area contributed by atoms with Crippen molar-refractivity contribution in [2.75, 3.05) is 60.6 Å². The first-order valence-corrected chi connectivity index (χ1v) is 38.9. The number of methoxy groups -OCH3 is 3. The third-order valence-corrected chi connectivity index (χ3v) is 24.3. The van der Waals surface area contributed by atoms with E-state index in [1.54, 1.807) is 21.3 Å². The van der Waals surface area contributed by atoms with Crippen LogP contribution in [0.3, 0.4) is 0 Å². The van der Waals surface area contributed by atoms with Gasteiger partial charge in [-0.1, -0.05) is 220 Å². The van der Waals surface area contributed by atoms with Gasteiger partial charge in [-0.2, -0.15) is 0 Å². The fourth-order valence-corrected chi connectivity index (χ4v) is 18.7. The molecule has 0 aliphatic carbocycles. The van der Waals surface area contributed by atoms with E-state index in [0.717, 1.165) is 65.7 Å². The molecule has 6 bridgehead atoms. The first kappa shape index (κ1) is 75.3. The van der Waals surface area contributed by atoms with Crippen LogP contribution in [0.2, 0.25) is 0 Å². The fourth-order valence-electron chi connectivity index (χ4n) is 18.7. The van der Waals surface area contributed by atoms with E-state index in [1.165, 1.54) is 109 Å². The van der Waals surface area contributed by atoms with Gasteiger partial charge in [0, 0.05) is 90.3 Å². The van der Waals surface area contributed by atoms with Crippen LogP contribution in [-0.4, -0.2) is 122 Å². The molecule has 9 aromatic carbocycles. The van der Waals surface area contributed by atoms with Gasteiger partial charge in [0.1, 0.15) is 22.8 Å². The summed E-state index contributed by atoms with van der Waals surface area (Å²) in [5.74, 6) is 6.17. The van der Waals surface area contributed by atoms with Crippen LogP contribution in [0.4, 0.5) is 0 Å². The van der Waals surface area contributed by atoms with Gasteiger partial charge >= 0.3 is 0 Å². The molecule has 9 saturated heterocycles. The number of aliphatic hydroxyl groups is 1. The van der Waals surface area contributed by atoms with Crippen LogP contribution in [0.5, 0.6) is 17.2 Å². The maximum absolute atomic E-state index is 10.6. The summed E-state index contributed by atoms with van der Waals surface area (Å²) in [6.07, 6.45) is 7.51. The summed E-state index contributed by atoms with van der Waals surface area (Å²) in [7, 11) is 5.22. The predicted molar refractivity (Wildman–Crippen MR) is 425 cm³/mol. The Morgan fingerprint density at radius 1 is 0.362 bits per heavy atom. The number of fused-ring (bicyclic) bond motifs is 9. The molecule has 105 heavy (non-hydrogen) atoms. The van der Waals surface area contributed by atoms with Crippen LogP contribution in [0.25, 0.3) is 0 Å². The van der Waals surface area contributed by atoms with E-state index in [1.807, 2.05) is 52.0 Å². The third-order valence-electron chi connectivity index (χ3n) is 24.3. The molecule has 9 aliphatic rings. The van der Waals surface area contributed by atoms with E-state index in [-0.39, 0.29) is 0 Å². The van der Waals surface area contributed by atoms with Gasteiger partial charge in [-0.15, -0.1) is 0 Å². The van der Waals surface area contributed by atoms with Gasteiger partial charge in [0.15, 0.2) is 0 Å². The average Bonchev–Trinajstić information content (AvgIpc) is 0.766. The first-order chi connectivity index (χ1) is 51.1. The highest BCUT2D eigenvalue weighted by molar-refractivity contribution is 5.44. The highest BCUT2D eigenvalue weighted by Gasteiger charge is 2.49. The summed E-state index contributed by atoms with van der Waals surface area (Å²) in [5.41, 5.74) is 13.3. The number of hydrogen-bond acceptors (Lipinski definition) is 12. The standard InChI is InChI=1S/C31H38N2O3.C31H38N2O2.C31H38N2O/c1-31(2,36-34)26-14-15-27(35-3)25(20-26)21-32-29-24-16-18-33(19-17-24)30(29)28(22-10-6-4-7-11-22)23-12-8-5-9-13-23;1-31(2,34)26-14-15-27(35-3)25(20-26)21-32-29-24-16-18-33(19-17-24)30(29)28(22-10-6-4-7-11-22)23-12-8-5-9-13-23;1-22(2)26-14-15-28(34-3)27(20-26)21-32-30-25-16-18-33(19-17-25)31(30)29(23-10-6-4-7-11-23)24-12-8-5-9-13-24/h4-15,20,24,28-30,32,34H,16-19,21H2,1-3H3;4-15,20,24,28-30,32,34H,16-19,21H2,1-3H3;4-15,20,22,25,29-32H,16-19,21H2,1-3H3. The molecule has 18 rings (SSSR count). The van der Waals surface area contributed by atoms with E-state index in [0.29, 0.717) is 84.2 Å². The minimum atomic E-state index is -0.884. The number of benzene rings is 9. The highest BCUT2D eigenvalue weighted by atomic mass is 17.1. The Hall–Kier alpha value is -7.98. The molecule has 552 valence electrons. The summed E-state index contributed by atoms with van der Waals surface area (Å²) in [6.45, 7) is 21.2. The fraction of sp³-hybridized carbons (Fsp3) is 0.419. The van der Waals surface area contributed by atoms with Crippen LogP contribution in [-0.2, 0) is 35.7 Å². The van der Waals surface area contributed by atoms with Crippen molar-refractivity contribution in [3.8, 4) is 17.2 Å². The molecular weight excluding hydrogens is 1300 g/mol. The average molecular weight is 1410 g/mol. The Bertz CT molecular complexity index is 4020. The molecule has 0 radical (unpaired) electrons. The van der Waals surface area contributed by atoms with Gasteiger partial charge in [0.25, 0.3) is 0 Å². The van der Waals surface area contributed by atoms with Crippen LogP contribution < -0.4 is 30.2 Å². The molecule has 9 aromatic rings. The second-order valence-electron chi connectivity index (χ2n) is 31.6. The number of nitrogens with one attached hydrogen (secondary N) is 3. The Labute approximate surface area is 626 Å². The smallest absolute Gasteiger partial charge is 0.123 e. The molecule has 9 heterocycles. The van der Waals surface area contributed by atoms with Crippen LogP contribution in [0.15, 0.2) is 237 Å². The first-order valence-electron chi connectivity index (χ1n) is 38.9. The minimum Gasteiger partial charge on any atom is -0.496 e. The molecule has 5 N–H and O–H groups in total. The quantitative estimate of drug-likeness (QED) is 0.0277. The number of hydrogen-bond donors (Lipinski definition) is 5. The zero-order valence-corrected chi connectivity index (χ0v) is 63.5. The monoisotopic (exact) mass is 1410 g/mol. The predicted octanol–water partition coefficient (Wildman–Crippen LogP) is 17.3. The summed E-state index contributed by atoms with van der Waals surface area (Å²) in [5, 5.41) is 32.0. The normalized spacial score (nSPS) is 23.9. The van der Waals surface area contributed by atoms with Crippen LogP contribution in [0, 0.1) is 17.8 Å². The summed E-state index contributed by atoms with van der Waals surface area (Å²) in [4.78, 5) is 12.9. The largest absolute Gasteiger partial charge is 0.496 e. The van der Waals surface area contributed by atoms with Crippen molar-refractivity contribution in [3.05, 3.63) is 303 Å². The van der Waals surface area contributed by atoms with Gasteiger partial charge in [-0.05, 0) is 210 Å². The zero-order chi connectivity index (χ0) is 73.0. The van der Waals surface area contributed by atoms with Gasteiger partial charge in [0.05, 0.1) is 26.9 Å². The zero-order valence-electron chi connectivity index (χ0n) is 63.5. The molecule has 0 amide bonds. The maximum atomic E-state index is 10.6. The lowest BCUT2D eigenvalue weighted by Gasteiger charge is -2.54. The van der Waals surface area contributed by atoms with Gasteiger partial charge in [0.2, 0.25) is 0 Å². The molecule has 0 spiro atoms. The molecule has 12 nitrogen and oxygen atoms in total. The lowest BCUT2D eigenvalue weighted by Crippen LogP contribution is -2.64. The molecule has 12 heteroatoms. The Balaban J connectivity index is 0.000000140. The molecule has 0 aromatic heterocycles. The van der Waals surface area contributed by atoms with Gasteiger partial charge < -0.3 is 35.3 Å². The second-order valence-corrected chi connectivity index (χ2v) is 31.6. The van der Waals surface area contributed by atoms with E-state index in [2.05, 4.69) is 257 Å². The Kier molecular flexibility index (Phi) is 24.9. The van der Waals surface area contributed by atoms with E-state index >= 15 is 0 Å². The number of nitrogens with zero attached hydrogens (tertiary/aromatic N) is 3. The topological polar surface area (TPSA) is 123 Å². The molecule has 6 atom stereocenters. The number of rotatable bonds is 25. The van der Waals surface area contributed by atoms with E-state index in [4.69, 9.17) is 19.1 Å². The van der Waals surface area contributed by atoms with Crippen molar-refractivity contribution < 1.29 is 29.5 Å². The van der Waals surface area contributed by atoms with Crippen LogP contribution >= 0.6 is 0 Å². The summed E-state index contributed by atoms with van der Waals surface area (Å²) < 4.78 is 17.1. The van der Waals surface area contributed by atoms with Gasteiger partial charge in [-0.3, -0.25) is 20.0 Å². The Morgan fingerprint density at radius 2 is 0.629 bits per heavy atom. The second kappa shape index (κ2) is 34.7. The summed E-state index contributed by atoms with van der Waals surface area (Å²) >= 11 is 0. The summed E-state index contributed by atoms with van der Waals surface area (Å²) in [6, 6.07) is 87.3.